The molecule has 0 unspecified atom stereocenters. The van der Waals surface area contributed by atoms with Gasteiger partial charge in [0.05, 0.1) is 17.7 Å². The van der Waals surface area contributed by atoms with Gasteiger partial charge in [-0.25, -0.2) is 14.2 Å². The smallest absolute Gasteiger partial charge is 0.319 e. The molecule has 1 aromatic heterocycles. The molecule has 2 aromatic carbocycles. The molecule has 0 radical (unpaired) electrons. The van der Waals surface area contributed by atoms with Gasteiger partial charge in [-0.15, -0.1) is 0 Å². The second-order valence-electron chi connectivity index (χ2n) is 6.11. The summed E-state index contributed by atoms with van der Waals surface area (Å²) in [5.74, 6) is -0.154. The van der Waals surface area contributed by atoms with Gasteiger partial charge in [0.15, 0.2) is 6.61 Å². The first-order valence-corrected chi connectivity index (χ1v) is 8.47. The Labute approximate surface area is 159 Å². The third-order valence-corrected chi connectivity index (χ3v) is 4.12. The molecule has 1 aliphatic heterocycles. The van der Waals surface area contributed by atoms with E-state index in [1.807, 2.05) is 0 Å². The molecule has 3 N–H and O–H groups in total. The zero-order valence-electron chi connectivity index (χ0n) is 14.6. The Balaban J connectivity index is 1.36. The number of ether oxygens (including phenoxy) is 1. The zero-order chi connectivity index (χ0) is 19.5. The minimum Gasteiger partial charge on any atom is -0.482 e. The van der Waals surface area contributed by atoms with Crippen LogP contribution in [0.2, 0.25) is 0 Å². The highest BCUT2D eigenvalue weighted by molar-refractivity contribution is 5.96. The fourth-order valence-electron chi connectivity index (χ4n) is 2.78. The Morgan fingerprint density at radius 3 is 2.96 bits per heavy atom. The summed E-state index contributed by atoms with van der Waals surface area (Å²) in [6, 6.07) is 9.19. The van der Waals surface area contributed by atoms with Crippen LogP contribution in [0, 0.1) is 5.82 Å². The van der Waals surface area contributed by atoms with Crippen molar-refractivity contribution >= 4 is 23.3 Å². The molecule has 0 fully saturated rings. The van der Waals surface area contributed by atoms with Gasteiger partial charge in [0.25, 0.3) is 5.91 Å². The highest BCUT2D eigenvalue weighted by Gasteiger charge is 2.16. The topological polar surface area (TPSA) is 97.3 Å². The van der Waals surface area contributed by atoms with Crippen molar-refractivity contribution in [2.45, 2.75) is 6.54 Å². The molecule has 0 saturated carbocycles. The lowest BCUT2D eigenvalue weighted by molar-refractivity contribution is -0.118. The molecular weight excluding hydrogens is 365 g/mol. The van der Waals surface area contributed by atoms with Crippen molar-refractivity contribution < 1.29 is 18.7 Å². The van der Waals surface area contributed by atoms with Crippen molar-refractivity contribution in [2.24, 2.45) is 0 Å². The maximum absolute atomic E-state index is 14.3. The molecule has 0 spiro atoms. The molecule has 0 atom stereocenters. The lowest BCUT2D eigenvalue weighted by Gasteiger charge is -2.18. The van der Waals surface area contributed by atoms with E-state index in [0.717, 1.165) is 0 Å². The van der Waals surface area contributed by atoms with E-state index in [2.05, 4.69) is 20.9 Å². The molecule has 4 rings (SSSR count). The molecule has 3 aromatic rings. The van der Waals surface area contributed by atoms with Gasteiger partial charge in [-0.3, -0.25) is 4.79 Å². The number of urea groups is 1. The average Bonchev–Trinajstić information content (AvgIpc) is 3.21. The molecule has 3 amide bonds. The van der Waals surface area contributed by atoms with Crippen LogP contribution in [0.25, 0.3) is 5.69 Å². The molecular formula is C19H16FN5O3. The zero-order valence-corrected chi connectivity index (χ0v) is 14.6. The number of anilines is 2. The van der Waals surface area contributed by atoms with Crippen molar-refractivity contribution in [3.8, 4) is 11.4 Å². The number of nitrogens with one attached hydrogen (secondary N) is 3. The van der Waals surface area contributed by atoms with Crippen LogP contribution < -0.4 is 20.7 Å². The number of benzene rings is 2. The van der Waals surface area contributed by atoms with Gasteiger partial charge in [0.2, 0.25) is 0 Å². The first-order chi connectivity index (χ1) is 13.6. The Kier molecular flexibility index (Phi) is 4.63. The van der Waals surface area contributed by atoms with Crippen LogP contribution in [0.5, 0.6) is 5.75 Å². The summed E-state index contributed by atoms with van der Waals surface area (Å²) >= 11 is 0. The molecule has 2 heterocycles. The molecule has 1 aliphatic rings. The summed E-state index contributed by atoms with van der Waals surface area (Å²) in [5.41, 5.74) is 2.06. The first-order valence-electron chi connectivity index (χ1n) is 8.47. The number of hydrogen-bond acceptors (Lipinski definition) is 4. The normalized spacial score (nSPS) is 12.5. The van der Waals surface area contributed by atoms with Crippen LogP contribution in [0.1, 0.15) is 5.56 Å². The quantitative estimate of drug-likeness (QED) is 0.647. The summed E-state index contributed by atoms with van der Waals surface area (Å²) in [6.45, 7) is 0.0910. The summed E-state index contributed by atoms with van der Waals surface area (Å²) < 4.78 is 21.1. The third-order valence-electron chi connectivity index (χ3n) is 4.12. The van der Waals surface area contributed by atoms with E-state index in [4.69, 9.17) is 4.74 Å². The van der Waals surface area contributed by atoms with E-state index >= 15 is 0 Å². The molecule has 8 nitrogen and oxygen atoms in total. The highest BCUT2D eigenvalue weighted by Crippen LogP contribution is 2.30. The van der Waals surface area contributed by atoms with Gasteiger partial charge >= 0.3 is 6.03 Å². The second kappa shape index (κ2) is 7.39. The second-order valence-corrected chi connectivity index (χ2v) is 6.11. The number of halogens is 1. The fraction of sp³-hybridized carbons (Fsp3) is 0.105. The fourth-order valence-corrected chi connectivity index (χ4v) is 2.78. The molecule has 0 aliphatic carbocycles. The summed E-state index contributed by atoms with van der Waals surface area (Å²) in [5, 5.41) is 8.02. The number of fused-ring (bicyclic) bond motifs is 1. The Morgan fingerprint density at radius 1 is 1.29 bits per heavy atom. The molecule has 0 saturated heterocycles. The van der Waals surface area contributed by atoms with Gasteiger partial charge in [-0.05, 0) is 29.8 Å². The standard InChI is InChI=1S/C19H16FN5O3/c20-14-7-12(1-4-16(14)25-6-5-21-11-25)9-22-19(27)23-13-2-3-15-17(8-13)28-10-18(26)24-15/h1-8,11H,9-10H2,(H,24,26)(H2,22,23,27). The van der Waals surface area contributed by atoms with Crippen molar-refractivity contribution in [3.05, 3.63) is 66.5 Å². The molecule has 9 heteroatoms. The Hall–Kier alpha value is -3.88. The molecule has 142 valence electrons. The minimum absolute atomic E-state index is 0.0662. The Morgan fingerprint density at radius 2 is 2.18 bits per heavy atom. The number of carbonyl (C=O) groups is 2. The van der Waals surface area contributed by atoms with E-state index in [1.54, 1.807) is 47.3 Å². The van der Waals surface area contributed by atoms with Crippen LogP contribution in [-0.2, 0) is 11.3 Å². The van der Waals surface area contributed by atoms with E-state index in [0.29, 0.717) is 28.4 Å². The SMILES string of the molecule is O=C1COc2cc(NC(=O)NCc3ccc(-n4ccnc4)c(F)c3)ccc2N1. The minimum atomic E-state index is -0.445. The maximum Gasteiger partial charge on any atom is 0.319 e. The van der Waals surface area contributed by atoms with Crippen LogP contribution in [0.15, 0.2) is 55.1 Å². The monoisotopic (exact) mass is 381 g/mol. The number of hydrogen-bond donors (Lipinski definition) is 3. The lowest BCUT2D eigenvalue weighted by Crippen LogP contribution is -2.28. The highest BCUT2D eigenvalue weighted by atomic mass is 19.1. The van der Waals surface area contributed by atoms with Gasteiger partial charge in [0, 0.05) is 30.7 Å². The van der Waals surface area contributed by atoms with E-state index < -0.39 is 11.8 Å². The Bertz CT molecular complexity index is 1040. The molecule has 28 heavy (non-hydrogen) atoms. The predicted molar refractivity (Wildman–Crippen MR) is 99.9 cm³/mol. The van der Waals surface area contributed by atoms with E-state index in [1.165, 1.54) is 12.4 Å². The summed E-state index contributed by atoms with van der Waals surface area (Å²) in [7, 11) is 0. The van der Waals surface area contributed by atoms with Crippen LogP contribution in [-0.4, -0.2) is 28.1 Å². The van der Waals surface area contributed by atoms with Crippen molar-refractivity contribution in [1.29, 1.82) is 0 Å². The predicted octanol–water partition coefficient (Wildman–Crippen LogP) is 2.66. The maximum atomic E-state index is 14.3. The van der Waals surface area contributed by atoms with Crippen molar-refractivity contribution in [1.82, 2.24) is 14.9 Å². The largest absolute Gasteiger partial charge is 0.482 e. The van der Waals surface area contributed by atoms with Crippen molar-refractivity contribution in [3.63, 3.8) is 0 Å². The van der Waals surface area contributed by atoms with Gasteiger partial charge < -0.3 is 25.3 Å². The lowest BCUT2D eigenvalue weighted by atomic mass is 10.2. The van der Waals surface area contributed by atoms with Crippen molar-refractivity contribution in [2.75, 3.05) is 17.2 Å². The van der Waals surface area contributed by atoms with Crippen LogP contribution >= 0.6 is 0 Å². The van der Waals surface area contributed by atoms with Gasteiger partial charge in [-0.1, -0.05) is 6.07 Å². The number of nitrogens with zero attached hydrogens (tertiary/aromatic N) is 2. The van der Waals surface area contributed by atoms with E-state index in [9.17, 15) is 14.0 Å². The number of rotatable bonds is 4. The van der Waals surface area contributed by atoms with Crippen LogP contribution in [0.3, 0.4) is 0 Å². The third kappa shape index (κ3) is 3.78. The number of aromatic nitrogens is 2. The van der Waals surface area contributed by atoms with Gasteiger partial charge in [-0.2, -0.15) is 0 Å². The van der Waals surface area contributed by atoms with Crippen LogP contribution in [0.4, 0.5) is 20.6 Å². The first kappa shape index (κ1) is 17.5. The van der Waals surface area contributed by atoms with E-state index in [-0.39, 0.29) is 19.1 Å². The average molecular weight is 381 g/mol. The molecule has 0 bridgehead atoms. The summed E-state index contributed by atoms with van der Waals surface area (Å²) in [4.78, 5) is 27.3. The van der Waals surface area contributed by atoms with Gasteiger partial charge in [0.1, 0.15) is 11.6 Å². The number of amides is 3. The summed E-state index contributed by atoms with van der Waals surface area (Å²) in [6.07, 6.45) is 4.73. The number of imidazole rings is 1. The number of carbonyl (C=O) groups excluding carboxylic acids is 2.